The van der Waals surface area contributed by atoms with Crippen LogP contribution >= 0.6 is 7.82 Å². The van der Waals surface area contributed by atoms with E-state index in [9.17, 15) is 19.0 Å². The number of amides is 1. The molecule has 390 valence electrons. The number of carbonyl (C=O) groups is 2. The molecule has 0 saturated carbocycles. The third-order valence-corrected chi connectivity index (χ3v) is 13.6. The lowest BCUT2D eigenvalue weighted by Gasteiger charge is -2.30. The van der Waals surface area contributed by atoms with Crippen molar-refractivity contribution in [3.8, 4) is 0 Å². The van der Waals surface area contributed by atoms with E-state index >= 15 is 0 Å². The molecule has 0 bridgehead atoms. The zero-order chi connectivity index (χ0) is 48.7. The number of unbranched alkanes of at least 4 members (excludes halogenated alkanes) is 33. The monoisotopic (exact) mass is 953 g/mol. The predicted molar refractivity (Wildman–Crippen MR) is 280 cm³/mol. The van der Waals surface area contributed by atoms with Gasteiger partial charge in [0.05, 0.1) is 33.8 Å². The summed E-state index contributed by atoms with van der Waals surface area (Å²) in [4.78, 5) is 39.8. The molecule has 0 aromatic carbocycles. The number of rotatable bonds is 51. The van der Waals surface area contributed by atoms with Gasteiger partial charge in [0, 0.05) is 12.8 Å². The maximum Gasteiger partial charge on any atom is 0.306 e. The van der Waals surface area contributed by atoms with Gasteiger partial charge in [-0.15, -0.1) is 0 Å². The fraction of sp³-hybridized carbons (Fsp3) is 0.893. The number of quaternary nitrogens is 1. The number of ether oxygens (including phenoxy) is 1. The van der Waals surface area contributed by atoms with Gasteiger partial charge in [0.1, 0.15) is 19.3 Å². The van der Waals surface area contributed by atoms with Gasteiger partial charge in [-0.25, -0.2) is 0 Å². The number of nitrogens with zero attached hydrogens (tertiary/aromatic N) is 1. The number of hydrogen-bond acceptors (Lipinski definition) is 7. The van der Waals surface area contributed by atoms with Crippen LogP contribution in [0.2, 0.25) is 0 Å². The van der Waals surface area contributed by atoms with Crippen molar-refractivity contribution in [2.24, 2.45) is 0 Å². The Morgan fingerprint density at radius 1 is 0.515 bits per heavy atom. The summed E-state index contributed by atoms with van der Waals surface area (Å²) in [6, 6.07) is -0.888. The van der Waals surface area contributed by atoms with Crippen LogP contribution in [0.1, 0.15) is 271 Å². The second-order valence-electron chi connectivity index (χ2n) is 20.4. The quantitative estimate of drug-likeness (QED) is 0.0212. The molecular formula is C56H109N2O7P. The first-order valence-corrected chi connectivity index (χ1v) is 29.6. The van der Waals surface area contributed by atoms with Gasteiger partial charge >= 0.3 is 5.97 Å². The van der Waals surface area contributed by atoms with Gasteiger partial charge in [-0.1, -0.05) is 225 Å². The predicted octanol–water partition coefficient (Wildman–Crippen LogP) is 16.0. The van der Waals surface area contributed by atoms with E-state index in [1.165, 1.54) is 167 Å². The summed E-state index contributed by atoms with van der Waals surface area (Å²) in [7, 11) is 1.19. The van der Waals surface area contributed by atoms with E-state index < -0.39 is 20.0 Å². The molecule has 10 heteroatoms. The highest BCUT2D eigenvalue weighted by atomic mass is 31.2. The lowest BCUT2D eigenvalue weighted by Crippen LogP contribution is -2.47. The first-order chi connectivity index (χ1) is 31.9. The molecule has 66 heavy (non-hydrogen) atoms. The molecule has 0 saturated heterocycles. The molecule has 1 amide bonds. The van der Waals surface area contributed by atoms with Crippen molar-refractivity contribution in [3.05, 3.63) is 24.3 Å². The molecule has 0 rings (SSSR count). The Hall–Kier alpha value is -1.51. The summed E-state index contributed by atoms with van der Waals surface area (Å²) in [5, 5.41) is 3.01. The lowest BCUT2D eigenvalue weighted by atomic mass is 10.0. The fourth-order valence-corrected chi connectivity index (χ4v) is 8.95. The molecule has 0 heterocycles. The average molecular weight is 953 g/mol. The van der Waals surface area contributed by atoms with E-state index in [0.29, 0.717) is 17.4 Å². The van der Waals surface area contributed by atoms with Crippen LogP contribution < -0.4 is 10.2 Å². The highest BCUT2D eigenvalue weighted by molar-refractivity contribution is 7.45. The Balaban J connectivity index is 5.40. The Labute approximate surface area is 409 Å². The second-order valence-corrected chi connectivity index (χ2v) is 21.9. The van der Waals surface area contributed by atoms with E-state index in [0.717, 1.165) is 70.6 Å². The van der Waals surface area contributed by atoms with E-state index in [1.54, 1.807) is 0 Å². The minimum absolute atomic E-state index is 0.0218. The number of allylic oxidation sites excluding steroid dienone is 3. The van der Waals surface area contributed by atoms with Crippen LogP contribution in [-0.2, 0) is 27.9 Å². The molecule has 3 atom stereocenters. The summed E-state index contributed by atoms with van der Waals surface area (Å²) in [6.07, 6.45) is 52.8. The van der Waals surface area contributed by atoms with Crippen molar-refractivity contribution in [1.82, 2.24) is 5.32 Å². The number of phosphoric ester groups is 1. The maximum atomic E-state index is 13.4. The topological polar surface area (TPSA) is 114 Å². The van der Waals surface area contributed by atoms with Crippen LogP contribution in [0.25, 0.3) is 0 Å². The summed E-state index contributed by atoms with van der Waals surface area (Å²) in [6.45, 7) is 6.84. The van der Waals surface area contributed by atoms with Gasteiger partial charge in [-0.3, -0.25) is 14.2 Å². The average Bonchev–Trinajstić information content (AvgIpc) is 3.27. The van der Waals surface area contributed by atoms with Gasteiger partial charge in [0.15, 0.2) is 0 Å². The van der Waals surface area contributed by atoms with Crippen LogP contribution in [0.3, 0.4) is 0 Å². The smallest absolute Gasteiger partial charge is 0.306 e. The van der Waals surface area contributed by atoms with Crippen molar-refractivity contribution < 1.29 is 37.3 Å². The van der Waals surface area contributed by atoms with Crippen molar-refractivity contribution in [1.29, 1.82) is 0 Å². The summed E-state index contributed by atoms with van der Waals surface area (Å²) < 4.78 is 30.2. The number of hydrogen-bond donors (Lipinski definition) is 1. The summed E-state index contributed by atoms with van der Waals surface area (Å²) >= 11 is 0. The van der Waals surface area contributed by atoms with Crippen molar-refractivity contribution in [2.45, 2.75) is 283 Å². The SMILES string of the molecule is CCCCCCCCC/C=C\CCCCCC(=O)NC(COP(=O)([O-])OCC[N+](C)(C)C)C(/C=C/CCCCCCCCCCCCC)OC(=O)CCCCCCCCCCCCCCC. The number of esters is 1. The Morgan fingerprint density at radius 2 is 0.879 bits per heavy atom. The first-order valence-electron chi connectivity index (χ1n) is 28.1. The van der Waals surface area contributed by atoms with Crippen LogP contribution in [0, 0.1) is 0 Å². The van der Waals surface area contributed by atoms with Crippen LogP contribution in [-0.4, -0.2) is 69.4 Å². The number of carbonyl (C=O) groups excluding carboxylic acids is 2. The summed E-state index contributed by atoms with van der Waals surface area (Å²) in [5.41, 5.74) is 0. The van der Waals surface area contributed by atoms with Gasteiger partial charge in [0.25, 0.3) is 7.82 Å². The third kappa shape index (κ3) is 47.6. The first kappa shape index (κ1) is 64.5. The highest BCUT2D eigenvalue weighted by Crippen LogP contribution is 2.38. The lowest BCUT2D eigenvalue weighted by molar-refractivity contribution is -0.870. The van der Waals surface area contributed by atoms with E-state index in [-0.39, 0.29) is 31.5 Å². The second kappa shape index (κ2) is 47.2. The van der Waals surface area contributed by atoms with Gasteiger partial charge in [-0.2, -0.15) is 0 Å². The zero-order valence-corrected chi connectivity index (χ0v) is 45.3. The standard InChI is InChI=1S/C56H109N2O7P/c1-7-10-13-16-19-22-25-28-31-33-36-39-42-45-48-55(59)57-53(52-64-66(61,62)63-51-50-58(4,5)6)54(47-44-41-38-35-32-29-26-23-20-17-14-11-8-2)65-56(60)49-46-43-40-37-34-30-27-24-21-18-15-12-9-3/h31,33,44,47,53-54H,7-30,32,34-43,45-46,48-52H2,1-6H3,(H-,57,59,61,62)/b33-31-,47-44+. The molecular weight excluding hydrogens is 844 g/mol. The van der Waals surface area contributed by atoms with Crippen LogP contribution in [0.4, 0.5) is 0 Å². The van der Waals surface area contributed by atoms with Crippen LogP contribution in [0.15, 0.2) is 24.3 Å². The van der Waals surface area contributed by atoms with Crippen molar-refractivity contribution in [3.63, 3.8) is 0 Å². The molecule has 1 N–H and O–H groups in total. The number of phosphoric acid groups is 1. The molecule has 0 aliphatic heterocycles. The minimum Gasteiger partial charge on any atom is -0.756 e. The molecule has 0 aliphatic rings. The normalized spacial score (nSPS) is 14.0. The molecule has 0 fully saturated rings. The zero-order valence-electron chi connectivity index (χ0n) is 44.4. The van der Waals surface area contributed by atoms with E-state index in [2.05, 4.69) is 38.2 Å². The molecule has 0 radical (unpaired) electrons. The minimum atomic E-state index is -4.69. The largest absolute Gasteiger partial charge is 0.756 e. The Bertz CT molecular complexity index is 1190. The Kier molecular flexibility index (Phi) is 46.1. The van der Waals surface area contributed by atoms with Crippen LogP contribution in [0.5, 0.6) is 0 Å². The highest BCUT2D eigenvalue weighted by Gasteiger charge is 2.27. The molecule has 0 aromatic heterocycles. The number of nitrogens with one attached hydrogen (secondary N) is 1. The summed E-state index contributed by atoms with van der Waals surface area (Å²) in [5.74, 6) is -0.549. The molecule has 0 spiro atoms. The van der Waals surface area contributed by atoms with E-state index in [4.69, 9.17) is 13.8 Å². The van der Waals surface area contributed by atoms with Crippen molar-refractivity contribution >= 4 is 19.7 Å². The third-order valence-electron chi connectivity index (χ3n) is 12.6. The van der Waals surface area contributed by atoms with Gasteiger partial charge in [-0.05, 0) is 57.4 Å². The van der Waals surface area contributed by atoms with Gasteiger partial charge in [0.2, 0.25) is 5.91 Å². The Morgan fingerprint density at radius 3 is 1.30 bits per heavy atom. The van der Waals surface area contributed by atoms with E-state index in [1.807, 2.05) is 33.3 Å². The molecule has 9 nitrogen and oxygen atoms in total. The molecule has 3 unspecified atom stereocenters. The number of likely N-dealkylation sites (N-methyl/N-ethyl adjacent to an activating group) is 1. The molecule has 0 aliphatic carbocycles. The molecule has 0 aromatic rings. The maximum absolute atomic E-state index is 13.4. The van der Waals surface area contributed by atoms with Crippen molar-refractivity contribution in [2.75, 3.05) is 40.9 Å². The van der Waals surface area contributed by atoms with Gasteiger partial charge < -0.3 is 28.5 Å². The fourth-order valence-electron chi connectivity index (χ4n) is 8.22.